The summed E-state index contributed by atoms with van der Waals surface area (Å²) in [5.74, 6) is 0.199. The third-order valence-electron chi connectivity index (χ3n) is 7.02. The Balaban J connectivity index is 1.42. The van der Waals surface area contributed by atoms with E-state index in [0.29, 0.717) is 25.9 Å². The van der Waals surface area contributed by atoms with Gasteiger partial charge in [0.2, 0.25) is 11.8 Å². The number of piperidine rings is 1. The summed E-state index contributed by atoms with van der Waals surface area (Å²) in [6.07, 6.45) is 5.88. The first-order valence-corrected chi connectivity index (χ1v) is 12.2. The Bertz CT molecular complexity index is 973. The Labute approximate surface area is 197 Å². The van der Waals surface area contributed by atoms with Crippen molar-refractivity contribution in [2.75, 3.05) is 19.6 Å². The zero-order valence-corrected chi connectivity index (χ0v) is 19.6. The molecule has 1 aliphatic heterocycles. The fourth-order valence-electron chi connectivity index (χ4n) is 5.15. The van der Waals surface area contributed by atoms with Gasteiger partial charge >= 0.3 is 0 Å². The molecule has 0 spiro atoms. The van der Waals surface area contributed by atoms with Gasteiger partial charge in [0.25, 0.3) is 0 Å². The monoisotopic (exact) mass is 445 g/mol. The number of allylic oxidation sites excluding steroid dienone is 1. The minimum atomic E-state index is -0.586. The van der Waals surface area contributed by atoms with Crippen LogP contribution in [0.25, 0.3) is 0 Å². The maximum Gasteiger partial charge on any atom is 0.232 e. The first-order valence-electron chi connectivity index (χ1n) is 12.2. The highest BCUT2D eigenvalue weighted by Crippen LogP contribution is 2.47. The topological polar surface area (TPSA) is 52.7 Å². The normalized spacial score (nSPS) is 20.4. The molecule has 1 aliphatic carbocycles. The number of likely N-dealkylation sites (N-methyl/N-ethyl adjacent to an activating group) is 1. The summed E-state index contributed by atoms with van der Waals surface area (Å²) in [4.78, 5) is 30.7. The summed E-state index contributed by atoms with van der Waals surface area (Å²) in [6, 6.07) is 20.5. The Morgan fingerprint density at radius 2 is 1.73 bits per heavy atom. The second-order valence-electron chi connectivity index (χ2n) is 9.14. The molecule has 1 saturated heterocycles. The van der Waals surface area contributed by atoms with Crippen molar-refractivity contribution < 1.29 is 9.59 Å². The number of likely N-dealkylation sites (tertiary alicyclic amines) is 1. The van der Waals surface area contributed by atoms with Crippen LogP contribution in [0.1, 0.15) is 50.2 Å². The van der Waals surface area contributed by atoms with Gasteiger partial charge in [0, 0.05) is 31.8 Å². The second kappa shape index (κ2) is 10.8. The third kappa shape index (κ3) is 5.36. The van der Waals surface area contributed by atoms with E-state index >= 15 is 0 Å². The van der Waals surface area contributed by atoms with Crippen LogP contribution in [0.4, 0.5) is 0 Å². The quantitative estimate of drug-likeness (QED) is 0.618. The summed E-state index contributed by atoms with van der Waals surface area (Å²) in [6.45, 7) is 5.91. The Hall–Kier alpha value is -2.92. The van der Waals surface area contributed by atoms with Crippen LogP contribution in [-0.4, -0.2) is 41.2 Å². The minimum Gasteiger partial charge on any atom is -0.354 e. The zero-order chi connectivity index (χ0) is 23.1. The molecule has 1 N–H and O–H groups in total. The molecular formula is C28H35N3O2. The molecule has 1 unspecified atom stereocenters. The minimum absolute atomic E-state index is 0.0785. The molecule has 1 atom stereocenters. The van der Waals surface area contributed by atoms with E-state index in [4.69, 9.17) is 0 Å². The van der Waals surface area contributed by atoms with Crippen LogP contribution < -0.4 is 5.32 Å². The zero-order valence-electron chi connectivity index (χ0n) is 19.6. The molecule has 0 aromatic heterocycles. The van der Waals surface area contributed by atoms with Crippen molar-refractivity contribution in [2.24, 2.45) is 5.41 Å². The highest BCUT2D eigenvalue weighted by molar-refractivity contribution is 5.91. The predicted octanol–water partition coefficient (Wildman–Crippen LogP) is 4.50. The number of amides is 2. The fraction of sp³-hybridized carbons (Fsp3) is 0.429. The molecule has 4 rings (SSSR count). The van der Waals surface area contributed by atoms with Gasteiger partial charge in [-0.2, -0.15) is 0 Å². The van der Waals surface area contributed by atoms with E-state index in [1.807, 2.05) is 41.3 Å². The Morgan fingerprint density at radius 1 is 1.03 bits per heavy atom. The molecule has 0 radical (unpaired) electrons. The first kappa shape index (κ1) is 23.2. The SMILES string of the molecule is CCN(CCNC(=O)C12CCCC=C1N(Cc1ccccc1)C(=O)CC2)Cc1ccccc1. The van der Waals surface area contributed by atoms with Crippen LogP contribution in [0.5, 0.6) is 0 Å². The highest BCUT2D eigenvalue weighted by atomic mass is 16.2. The lowest BCUT2D eigenvalue weighted by atomic mass is 9.69. The van der Waals surface area contributed by atoms with Gasteiger partial charge in [-0.05, 0) is 43.4 Å². The van der Waals surface area contributed by atoms with E-state index in [-0.39, 0.29) is 11.8 Å². The van der Waals surface area contributed by atoms with Crippen LogP contribution >= 0.6 is 0 Å². The van der Waals surface area contributed by atoms with E-state index in [1.165, 1.54) is 5.56 Å². The maximum atomic E-state index is 13.6. The predicted molar refractivity (Wildman–Crippen MR) is 131 cm³/mol. The van der Waals surface area contributed by atoms with Crippen molar-refractivity contribution in [2.45, 2.75) is 52.1 Å². The van der Waals surface area contributed by atoms with Crippen molar-refractivity contribution in [3.8, 4) is 0 Å². The molecule has 2 aromatic carbocycles. The van der Waals surface area contributed by atoms with Gasteiger partial charge in [-0.3, -0.25) is 14.5 Å². The standard InChI is InChI=1S/C28H35N3O2/c1-2-30(21-23-11-5-3-6-12-23)20-19-29-27(33)28-17-10-9-15-25(28)31(26(32)16-18-28)22-24-13-7-4-8-14-24/h3-8,11-15H,2,9-10,16-22H2,1H3,(H,29,33). The molecule has 1 heterocycles. The highest BCUT2D eigenvalue weighted by Gasteiger charge is 2.49. The number of fused-ring (bicyclic) bond motifs is 1. The van der Waals surface area contributed by atoms with Gasteiger partial charge in [0.15, 0.2) is 0 Å². The van der Waals surface area contributed by atoms with Gasteiger partial charge in [0.05, 0.1) is 12.0 Å². The van der Waals surface area contributed by atoms with Crippen molar-refractivity contribution >= 4 is 11.8 Å². The number of hydrogen-bond donors (Lipinski definition) is 1. The fourth-order valence-corrected chi connectivity index (χ4v) is 5.15. The number of benzene rings is 2. The molecule has 2 amide bonds. The van der Waals surface area contributed by atoms with Crippen molar-refractivity contribution in [3.63, 3.8) is 0 Å². The number of nitrogens with zero attached hydrogens (tertiary/aromatic N) is 2. The van der Waals surface area contributed by atoms with Crippen LogP contribution in [0, 0.1) is 5.41 Å². The van der Waals surface area contributed by atoms with Gasteiger partial charge in [-0.15, -0.1) is 0 Å². The van der Waals surface area contributed by atoms with Crippen LogP contribution in [-0.2, 0) is 22.7 Å². The van der Waals surface area contributed by atoms with E-state index in [9.17, 15) is 9.59 Å². The summed E-state index contributed by atoms with van der Waals surface area (Å²) in [7, 11) is 0. The second-order valence-corrected chi connectivity index (χ2v) is 9.14. The van der Waals surface area contributed by atoms with E-state index in [0.717, 1.165) is 50.2 Å². The Kier molecular flexibility index (Phi) is 7.61. The van der Waals surface area contributed by atoms with Crippen LogP contribution in [0.2, 0.25) is 0 Å². The van der Waals surface area contributed by atoms with Gasteiger partial charge in [-0.1, -0.05) is 73.7 Å². The number of rotatable bonds is 9. The number of nitrogens with one attached hydrogen (secondary N) is 1. The first-order chi connectivity index (χ1) is 16.1. The lowest BCUT2D eigenvalue weighted by Crippen LogP contribution is -2.53. The lowest BCUT2D eigenvalue weighted by molar-refractivity contribution is -0.141. The average Bonchev–Trinajstić information content (AvgIpc) is 2.86. The van der Waals surface area contributed by atoms with Crippen molar-refractivity contribution in [3.05, 3.63) is 83.6 Å². The maximum absolute atomic E-state index is 13.6. The third-order valence-corrected chi connectivity index (χ3v) is 7.02. The molecule has 174 valence electrons. The molecule has 5 nitrogen and oxygen atoms in total. The molecule has 33 heavy (non-hydrogen) atoms. The smallest absolute Gasteiger partial charge is 0.232 e. The van der Waals surface area contributed by atoms with E-state index in [1.54, 1.807) is 0 Å². The molecule has 5 heteroatoms. The largest absolute Gasteiger partial charge is 0.354 e. The van der Waals surface area contributed by atoms with Crippen molar-refractivity contribution in [1.82, 2.24) is 15.1 Å². The lowest BCUT2D eigenvalue weighted by Gasteiger charge is -2.46. The molecule has 2 aromatic rings. The summed E-state index contributed by atoms with van der Waals surface area (Å²) in [5.41, 5.74) is 2.71. The molecule has 2 aliphatic rings. The average molecular weight is 446 g/mol. The van der Waals surface area contributed by atoms with Gasteiger partial charge < -0.3 is 10.2 Å². The van der Waals surface area contributed by atoms with Crippen LogP contribution in [0.3, 0.4) is 0 Å². The van der Waals surface area contributed by atoms with Gasteiger partial charge in [0.1, 0.15) is 0 Å². The van der Waals surface area contributed by atoms with E-state index < -0.39 is 5.41 Å². The van der Waals surface area contributed by atoms with E-state index in [2.05, 4.69) is 47.5 Å². The molecule has 1 fully saturated rings. The molecule has 0 saturated carbocycles. The van der Waals surface area contributed by atoms with Crippen LogP contribution in [0.15, 0.2) is 72.4 Å². The summed E-state index contributed by atoms with van der Waals surface area (Å²) >= 11 is 0. The Morgan fingerprint density at radius 3 is 2.42 bits per heavy atom. The summed E-state index contributed by atoms with van der Waals surface area (Å²) < 4.78 is 0. The number of carbonyl (C=O) groups is 2. The van der Waals surface area contributed by atoms with Gasteiger partial charge in [-0.25, -0.2) is 0 Å². The number of hydrogen-bond acceptors (Lipinski definition) is 3. The molecular weight excluding hydrogens is 410 g/mol. The summed E-state index contributed by atoms with van der Waals surface area (Å²) in [5, 5.41) is 3.23. The number of carbonyl (C=O) groups excluding carboxylic acids is 2. The van der Waals surface area contributed by atoms with Crippen molar-refractivity contribution in [1.29, 1.82) is 0 Å². The molecule has 0 bridgehead atoms.